The summed E-state index contributed by atoms with van der Waals surface area (Å²) in [5.74, 6) is 1.94. The van der Waals surface area contributed by atoms with Crippen LogP contribution in [0.3, 0.4) is 0 Å². The smallest absolute Gasteiger partial charge is 0.191 e. The molecule has 0 amide bonds. The number of hydrogen-bond acceptors (Lipinski definition) is 2. The summed E-state index contributed by atoms with van der Waals surface area (Å²) < 4.78 is 0. The van der Waals surface area contributed by atoms with Crippen LogP contribution in [0.2, 0.25) is 0 Å². The summed E-state index contributed by atoms with van der Waals surface area (Å²) in [6.07, 6.45) is 6.52. The van der Waals surface area contributed by atoms with Crippen LogP contribution in [0.25, 0.3) is 0 Å². The molecule has 2 N–H and O–H groups in total. The van der Waals surface area contributed by atoms with E-state index in [0.29, 0.717) is 6.04 Å². The fourth-order valence-electron chi connectivity index (χ4n) is 3.25. The summed E-state index contributed by atoms with van der Waals surface area (Å²) in [6.45, 7) is 6.21. The fourth-order valence-corrected chi connectivity index (χ4v) is 3.25. The Labute approximate surface area is 163 Å². The number of nitrogens with zero attached hydrogens (tertiary/aromatic N) is 2. The molecule has 134 valence electrons. The van der Waals surface area contributed by atoms with E-state index >= 15 is 0 Å². The maximum absolute atomic E-state index is 4.76. The number of benzene rings is 1. The highest BCUT2D eigenvalue weighted by atomic mass is 127. The lowest BCUT2D eigenvalue weighted by Crippen LogP contribution is -2.51. The second-order valence-corrected chi connectivity index (χ2v) is 6.76. The van der Waals surface area contributed by atoms with Crippen molar-refractivity contribution in [1.29, 1.82) is 0 Å². The van der Waals surface area contributed by atoms with E-state index in [9.17, 15) is 0 Å². The molecule has 1 aromatic rings. The van der Waals surface area contributed by atoms with Gasteiger partial charge in [-0.1, -0.05) is 31.0 Å². The first-order valence-corrected chi connectivity index (χ1v) is 9.20. The van der Waals surface area contributed by atoms with Crippen LogP contribution in [0.4, 0.5) is 5.69 Å². The van der Waals surface area contributed by atoms with Gasteiger partial charge in [0, 0.05) is 37.9 Å². The summed E-state index contributed by atoms with van der Waals surface area (Å²) in [7, 11) is 0. The molecule has 2 aliphatic rings. The first-order valence-electron chi connectivity index (χ1n) is 9.20. The molecule has 4 nitrogen and oxygen atoms in total. The van der Waals surface area contributed by atoms with Crippen molar-refractivity contribution in [3.8, 4) is 0 Å². The van der Waals surface area contributed by atoms with Crippen molar-refractivity contribution in [3.05, 3.63) is 30.3 Å². The Morgan fingerprint density at radius 3 is 2.71 bits per heavy atom. The van der Waals surface area contributed by atoms with E-state index in [1.807, 2.05) is 0 Å². The summed E-state index contributed by atoms with van der Waals surface area (Å²) in [4.78, 5) is 7.24. The average Bonchev–Trinajstić information content (AvgIpc) is 3.40. The molecule has 3 rings (SSSR count). The van der Waals surface area contributed by atoms with Gasteiger partial charge in [0.2, 0.25) is 0 Å². The van der Waals surface area contributed by atoms with E-state index < -0.39 is 0 Å². The van der Waals surface area contributed by atoms with Gasteiger partial charge < -0.3 is 15.5 Å². The lowest BCUT2D eigenvalue weighted by molar-refractivity contribution is 0.468. The number of anilines is 1. The van der Waals surface area contributed by atoms with Gasteiger partial charge in [-0.05, 0) is 44.2 Å². The number of guanidine groups is 1. The van der Waals surface area contributed by atoms with E-state index in [4.69, 9.17) is 4.99 Å². The average molecular weight is 442 g/mol. The van der Waals surface area contributed by atoms with Gasteiger partial charge in [-0.25, -0.2) is 0 Å². The van der Waals surface area contributed by atoms with Crippen molar-refractivity contribution >= 4 is 35.6 Å². The summed E-state index contributed by atoms with van der Waals surface area (Å²) in [5, 5.41) is 7.05. The molecular weight excluding hydrogens is 411 g/mol. The monoisotopic (exact) mass is 442 g/mol. The Hall–Kier alpha value is -0.980. The zero-order valence-electron chi connectivity index (χ0n) is 14.7. The Bertz CT molecular complexity index is 501. The van der Waals surface area contributed by atoms with Crippen molar-refractivity contribution in [1.82, 2.24) is 10.6 Å². The minimum absolute atomic E-state index is 0. The van der Waals surface area contributed by atoms with Gasteiger partial charge in [0.05, 0.1) is 0 Å². The lowest BCUT2D eigenvalue weighted by atomic mass is 10.1. The second-order valence-electron chi connectivity index (χ2n) is 6.76. The Kier molecular flexibility index (Phi) is 8.15. The molecule has 24 heavy (non-hydrogen) atoms. The minimum atomic E-state index is 0. The summed E-state index contributed by atoms with van der Waals surface area (Å²) >= 11 is 0. The maximum Gasteiger partial charge on any atom is 0.191 e. The molecule has 1 saturated heterocycles. The van der Waals surface area contributed by atoms with Crippen LogP contribution in [-0.2, 0) is 0 Å². The number of rotatable bonds is 6. The highest BCUT2D eigenvalue weighted by molar-refractivity contribution is 14.0. The third-order valence-corrected chi connectivity index (χ3v) is 4.73. The highest BCUT2D eigenvalue weighted by Crippen LogP contribution is 2.32. The molecule has 0 radical (unpaired) electrons. The van der Waals surface area contributed by atoms with Gasteiger partial charge in [0.1, 0.15) is 0 Å². The molecule has 0 bridgehead atoms. The van der Waals surface area contributed by atoms with Crippen LogP contribution in [0.1, 0.15) is 39.0 Å². The predicted molar refractivity (Wildman–Crippen MR) is 114 cm³/mol. The zero-order valence-corrected chi connectivity index (χ0v) is 17.0. The van der Waals surface area contributed by atoms with Crippen LogP contribution in [0, 0.1) is 5.92 Å². The molecule has 5 heteroatoms. The van der Waals surface area contributed by atoms with E-state index in [2.05, 4.69) is 52.8 Å². The van der Waals surface area contributed by atoms with Crippen molar-refractivity contribution in [2.45, 2.75) is 45.1 Å². The third-order valence-electron chi connectivity index (χ3n) is 4.73. The largest absolute Gasteiger partial charge is 0.369 e. The first kappa shape index (κ1) is 19.3. The highest BCUT2D eigenvalue weighted by Gasteiger charge is 2.22. The number of aliphatic imine (C=N–C) groups is 1. The fraction of sp³-hybridized carbons (Fsp3) is 0.632. The molecule has 1 atom stereocenters. The number of para-hydroxylation sites is 1. The van der Waals surface area contributed by atoms with E-state index in [-0.39, 0.29) is 24.0 Å². The van der Waals surface area contributed by atoms with Crippen LogP contribution in [-0.4, -0.2) is 38.2 Å². The molecule has 1 unspecified atom stereocenters. The number of piperidine rings is 1. The number of hydrogen-bond donors (Lipinski definition) is 2. The molecule has 2 fully saturated rings. The molecular formula is C19H31IN4. The molecule has 1 aliphatic heterocycles. The van der Waals surface area contributed by atoms with Crippen LogP contribution >= 0.6 is 24.0 Å². The molecule has 1 aromatic carbocycles. The van der Waals surface area contributed by atoms with E-state index in [1.165, 1.54) is 37.8 Å². The quantitative estimate of drug-likeness (QED) is 0.402. The predicted octanol–water partition coefficient (Wildman–Crippen LogP) is 3.63. The zero-order chi connectivity index (χ0) is 15.9. The summed E-state index contributed by atoms with van der Waals surface area (Å²) in [6, 6.07) is 11.2. The van der Waals surface area contributed by atoms with E-state index in [0.717, 1.165) is 38.1 Å². The standard InChI is InChI=1S/C19H30N4.HI/c1-2-20-19(21-13-12-16-10-11-16)22-17-7-6-14-23(15-17)18-8-4-3-5-9-18;/h3-5,8-9,16-17H,2,6-7,10-15H2,1H3,(H2,20,21,22);1H. The van der Waals surface area contributed by atoms with Gasteiger partial charge in [0.15, 0.2) is 5.96 Å². The van der Waals surface area contributed by atoms with E-state index in [1.54, 1.807) is 0 Å². The van der Waals surface area contributed by atoms with Crippen LogP contribution in [0.5, 0.6) is 0 Å². The molecule has 1 heterocycles. The normalized spacial score (nSPS) is 21.1. The SMILES string of the molecule is CCNC(=NCCC1CC1)NC1CCCN(c2ccccc2)C1.I. The molecule has 0 spiro atoms. The second kappa shape index (κ2) is 10.1. The van der Waals surface area contributed by atoms with Crippen molar-refractivity contribution in [2.24, 2.45) is 10.9 Å². The minimum Gasteiger partial charge on any atom is -0.369 e. The van der Waals surface area contributed by atoms with Gasteiger partial charge in [-0.3, -0.25) is 4.99 Å². The first-order chi connectivity index (χ1) is 11.3. The third kappa shape index (κ3) is 6.15. The lowest BCUT2D eigenvalue weighted by Gasteiger charge is -2.35. The van der Waals surface area contributed by atoms with Crippen LogP contribution < -0.4 is 15.5 Å². The molecule has 1 aliphatic carbocycles. The van der Waals surface area contributed by atoms with Gasteiger partial charge >= 0.3 is 0 Å². The molecule has 0 aromatic heterocycles. The van der Waals surface area contributed by atoms with Gasteiger partial charge in [0.25, 0.3) is 0 Å². The Morgan fingerprint density at radius 2 is 2.00 bits per heavy atom. The number of halogens is 1. The van der Waals surface area contributed by atoms with Crippen molar-refractivity contribution in [2.75, 3.05) is 31.1 Å². The van der Waals surface area contributed by atoms with Gasteiger partial charge in [-0.15, -0.1) is 24.0 Å². The number of nitrogens with one attached hydrogen (secondary N) is 2. The Morgan fingerprint density at radius 1 is 1.21 bits per heavy atom. The Balaban J connectivity index is 0.00000208. The van der Waals surface area contributed by atoms with Crippen molar-refractivity contribution < 1.29 is 0 Å². The maximum atomic E-state index is 4.76. The van der Waals surface area contributed by atoms with Gasteiger partial charge in [-0.2, -0.15) is 0 Å². The summed E-state index contributed by atoms with van der Waals surface area (Å²) in [5.41, 5.74) is 1.33. The van der Waals surface area contributed by atoms with Crippen molar-refractivity contribution in [3.63, 3.8) is 0 Å². The van der Waals surface area contributed by atoms with Crippen LogP contribution in [0.15, 0.2) is 35.3 Å². The molecule has 1 saturated carbocycles. The topological polar surface area (TPSA) is 39.7 Å².